The van der Waals surface area contributed by atoms with Crippen molar-refractivity contribution in [1.29, 1.82) is 0 Å². The second-order valence-corrected chi connectivity index (χ2v) is 4.67. The first-order valence-electron chi connectivity index (χ1n) is 6.83. The van der Waals surface area contributed by atoms with Gasteiger partial charge in [0.2, 0.25) is 0 Å². The molecule has 3 heteroatoms. The summed E-state index contributed by atoms with van der Waals surface area (Å²) in [7, 11) is 1.66. The standard InChI is InChI=1S/C17H21NO2/c1-14(18-20-13-12-19-2)15-8-10-17(11-9-15)16-6-4-3-5-7-16/h3-11,14,18H,12-13H2,1-2H3. The summed E-state index contributed by atoms with van der Waals surface area (Å²) in [5.74, 6) is 0. The lowest BCUT2D eigenvalue weighted by Gasteiger charge is -2.14. The van der Waals surface area contributed by atoms with Gasteiger partial charge in [-0.25, -0.2) is 0 Å². The van der Waals surface area contributed by atoms with E-state index in [0.717, 1.165) is 0 Å². The number of rotatable bonds is 7. The number of hydrogen-bond donors (Lipinski definition) is 1. The fraction of sp³-hybridized carbons (Fsp3) is 0.294. The minimum absolute atomic E-state index is 0.150. The van der Waals surface area contributed by atoms with Gasteiger partial charge in [0.25, 0.3) is 0 Å². The second-order valence-electron chi connectivity index (χ2n) is 4.67. The van der Waals surface area contributed by atoms with Gasteiger partial charge in [-0.3, -0.25) is 4.84 Å². The fourth-order valence-corrected chi connectivity index (χ4v) is 1.97. The molecule has 106 valence electrons. The maximum absolute atomic E-state index is 5.33. The average molecular weight is 271 g/mol. The van der Waals surface area contributed by atoms with Crippen molar-refractivity contribution in [3.8, 4) is 11.1 Å². The summed E-state index contributed by atoms with van der Waals surface area (Å²) in [4.78, 5) is 5.33. The maximum Gasteiger partial charge on any atom is 0.0916 e. The zero-order valence-corrected chi connectivity index (χ0v) is 12.0. The van der Waals surface area contributed by atoms with Crippen LogP contribution < -0.4 is 5.48 Å². The summed E-state index contributed by atoms with van der Waals surface area (Å²) in [6.45, 7) is 3.21. The minimum atomic E-state index is 0.150. The third-order valence-electron chi connectivity index (χ3n) is 3.17. The number of nitrogens with one attached hydrogen (secondary N) is 1. The largest absolute Gasteiger partial charge is 0.382 e. The van der Waals surface area contributed by atoms with Crippen molar-refractivity contribution < 1.29 is 9.57 Å². The van der Waals surface area contributed by atoms with Gasteiger partial charge in [0.05, 0.1) is 19.3 Å². The Morgan fingerprint density at radius 3 is 2.20 bits per heavy atom. The lowest BCUT2D eigenvalue weighted by Crippen LogP contribution is -2.21. The molecule has 3 nitrogen and oxygen atoms in total. The van der Waals surface area contributed by atoms with E-state index in [2.05, 4.69) is 60.9 Å². The van der Waals surface area contributed by atoms with Crippen molar-refractivity contribution in [2.75, 3.05) is 20.3 Å². The average Bonchev–Trinajstić information content (AvgIpc) is 2.52. The monoisotopic (exact) mass is 271 g/mol. The van der Waals surface area contributed by atoms with E-state index in [0.29, 0.717) is 13.2 Å². The van der Waals surface area contributed by atoms with E-state index in [1.54, 1.807) is 7.11 Å². The summed E-state index contributed by atoms with van der Waals surface area (Å²) in [6, 6.07) is 19.0. The SMILES string of the molecule is COCCONC(C)c1ccc(-c2ccccc2)cc1. The maximum atomic E-state index is 5.33. The van der Waals surface area contributed by atoms with Crippen LogP contribution in [0.4, 0.5) is 0 Å². The molecule has 0 fully saturated rings. The van der Waals surface area contributed by atoms with Crippen LogP contribution in [0.25, 0.3) is 11.1 Å². The first-order chi connectivity index (χ1) is 9.81. The van der Waals surface area contributed by atoms with Gasteiger partial charge in [0.15, 0.2) is 0 Å². The van der Waals surface area contributed by atoms with Gasteiger partial charge in [0.1, 0.15) is 0 Å². The van der Waals surface area contributed by atoms with Crippen LogP contribution in [0, 0.1) is 0 Å². The van der Waals surface area contributed by atoms with Crippen LogP contribution in [0.5, 0.6) is 0 Å². The van der Waals surface area contributed by atoms with E-state index in [9.17, 15) is 0 Å². The van der Waals surface area contributed by atoms with Crippen molar-refractivity contribution in [2.24, 2.45) is 0 Å². The van der Waals surface area contributed by atoms with Gasteiger partial charge in [-0.1, -0.05) is 54.6 Å². The third kappa shape index (κ3) is 4.17. The number of hydrogen-bond acceptors (Lipinski definition) is 3. The molecule has 0 aliphatic rings. The lowest BCUT2D eigenvalue weighted by atomic mass is 10.0. The lowest BCUT2D eigenvalue weighted by molar-refractivity contribution is -0.00924. The summed E-state index contributed by atoms with van der Waals surface area (Å²) in [6.07, 6.45) is 0. The van der Waals surface area contributed by atoms with Crippen molar-refractivity contribution in [3.05, 3.63) is 60.2 Å². The molecule has 20 heavy (non-hydrogen) atoms. The van der Waals surface area contributed by atoms with Crippen molar-refractivity contribution in [2.45, 2.75) is 13.0 Å². The van der Waals surface area contributed by atoms with Gasteiger partial charge < -0.3 is 4.74 Å². The van der Waals surface area contributed by atoms with E-state index < -0.39 is 0 Å². The third-order valence-corrected chi connectivity index (χ3v) is 3.17. The highest BCUT2D eigenvalue weighted by atomic mass is 16.7. The molecule has 0 spiro atoms. The molecule has 0 aliphatic carbocycles. The van der Waals surface area contributed by atoms with Gasteiger partial charge in [-0.05, 0) is 23.6 Å². The molecule has 1 unspecified atom stereocenters. The fourth-order valence-electron chi connectivity index (χ4n) is 1.97. The summed E-state index contributed by atoms with van der Waals surface area (Å²) in [5.41, 5.74) is 6.67. The summed E-state index contributed by atoms with van der Waals surface area (Å²) < 4.78 is 4.93. The van der Waals surface area contributed by atoms with Crippen LogP contribution >= 0.6 is 0 Å². The van der Waals surface area contributed by atoms with Crippen LogP contribution in [-0.2, 0) is 9.57 Å². The zero-order chi connectivity index (χ0) is 14.2. The molecule has 0 heterocycles. The highest BCUT2D eigenvalue weighted by Gasteiger charge is 2.05. The van der Waals surface area contributed by atoms with Gasteiger partial charge in [-0.15, -0.1) is 0 Å². The molecule has 2 rings (SSSR count). The van der Waals surface area contributed by atoms with Crippen molar-refractivity contribution in [1.82, 2.24) is 5.48 Å². The van der Waals surface area contributed by atoms with Crippen LogP contribution in [-0.4, -0.2) is 20.3 Å². The Hall–Kier alpha value is -1.68. The Balaban J connectivity index is 1.94. The molecule has 2 aromatic carbocycles. The Bertz CT molecular complexity index is 496. The molecule has 0 aliphatic heterocycles. The van der Waals surface area contributed by atoms with E-state index in [1.165, 1.54) is 16.7 Å². The number of hydroxylamine groups is 1. The van der Waals surface area contributed by atoms with E-state index >= 15 is 0 Å². The number of methoxy groups -OCH3 is 1. The Kier molecular flexibility index (Phi) is 5.74. The second kappa shape index (κ2) is 7.80. The van der Waals surface area contributed by atoms with Gasteiger partial charge >= 0.3 is 0 Å². The molecule has 0 radical (unpaired) electrons. The molecule has 1 atom stereocenters. The highest BCUT2D eigenvalue weighted by molar-refractivity contribution is 5.63. The molecule has 0 aromatic heterocycles. The van der Waals surface area contributed by atoms with E-state index in [4.69, 9.17) is 9.57 Å². The topological polar surface area (TPSA) is 30.5 Å². The van der Waals surface area contributed by atoms with Crippen LogP contribution in [0.1, 0.15) is 18.5 Å². The Morgan fingerprint density at radius 1 is 0.900 bits per heavy atom. The normalized spacial score (nSPS) is 12.3. The van der Waals surface area contributed by atoms with Gasteiger partial charge in [-0.2, -0.15) is 5.48 Å². The molecule has 0 saturated heterocycles. The molecule has 0 amide bonds. The Morgan fingerprint density at radius 2 is 1.55 bits per heavy atom. The first-order valence-corrected chi connectivity index (χ1v) is 6.83. The minimum Gasteiger partial charge on any atom is -0.382 e. The van der Waals surface area contributed by atoms with Crippen LogP contribution in [0.2, 0.25) is 0 Å². The summed E-state index contributed by atoms with van der Waals surface area (Å²) >= 11 is 0. The molecule has 2 aromatic rings. The predicted molar refractivity (Wildman–Crippen MR) is 81.3 cm³/mol. The zero-order valence-electron chi connectivity index (χ0n) is 12.0. The van der Waals surface area contributed by atoms with E-state index in [-0.39, 0.29) is 6.04 Å². The van der Waals surface area contributed by atoms with Crippen molar-refractivity contribution >= 4 is 0 Å². The molecule has 1 N–H and O–H groups in total. The molecule has 0 saturated carbocycles. The first kappa shape index (κ1) is 14.7. The summed E-state index contributed by atoms with van der Waals surface area (Å²) in [5, 5.41) is 0. The van der Waals surface area contributed by atoms with Gasteiger partial charge in [0, 0.05) is 7.11 Å². The van der Waals surface area contributed by atoms with E-state index in [1.807, 2.05) is 6.07 Å². The van der Waals surface area contributed by atoms with Crippen LogP contribution in [0.3, 0.4) is 0 Å². The smallest absolute Gasteiger partial charge is 0.0916 e. The number of benzene rings is 2. The Labute approximate surface area is 120 Å². The molecular weight excluding hydrogens is 250 g/mol. The van der Waals surface area contributed by atoms with Crippen molar-refractivity contribution in [3.63, 3.8) is 0 Å². The molecular formula is C17H21NO2. The van der Waals surface area contributed by atoms with Crippen LogP contribution in [0.15, 0.2) is 54.6 Å². The predicted octanol–water partition coefficient (Wildman–Crippen LogP) is 3.58. The number of ether oxygens (including phenoxy) is 1. The highest BCUT2D eigenvalue weighted by Crippen LogP contribution is 2.21. The quantitative estimate of drug-likeness (QED) is 0.616. The molecule has 0 bridgehead atoms.